The highest BCUT2D eigenvalue weighted by atomic mass is 35.5. The Balaban J connectivity index is 1.79. The van der Waals surface area contributed by atoms with Crippen molar-refractivity contribution in [2.24, 2.45) is 0 Å². The number of rotatable bonds is 4. The average Bonchev–Trinajstić information content (AvgIpc) is 3.02. The quantitative estimate of drug-likeness (QED) is 0.873. The molecule has 2 N–H and O–H groups in total. The van der Waals surface area contributed by atoms with E-state index in [0.717, 1.165) is 29.8 Å². The fourth-order valence-corrected chi connectivity index (χ4v) is 3.18. The van der Waals surface area contributed by atoms with Crippen molar-refractivity contribution in [2.45, 2.75) is 45.6 Å². The third kappa shape index (κ3) is 4.03. The molecule has 1 aromatic carbocycles. The number of aryl methyl sites for hydroxylation is 2. The van der Waals surface area contributed by atoms with E-state index in [1.807, 2.05) is 26.0 Å². The number of hydrogen-bond acceptors (Lipinski definition) is 4. The van der Waals surface area contributed by atoms with Crippen LogP contribution in [0.4, 0.5) is 11.6 Å². The normalized spacial score (nSPS) is 14.6. The van der Waals surface area contributed by atoms with Gasteiger partial charge in [-0.15, -0.1) is 0 Å². The molecule has 0 spiro atoms. The summed E-state index contributed by atoms with van der Waals surface area (Å²) in [5.74, 6) is 0.278. The second kappa shape index (κ2) is 7.18. The molecule has 1 aromatic heterocycles. The predicted octanol–water partition coefficient (Wildman–Crippen LogP) is 4.16. The van der Waals surface area contributed by atoms with Crippen LogP contribution in [-0.4, -0.2) is 21.9 Å². The molecular weight excluding hydrogens is 324 g/mol. The van der Waals surface area contributed by atoms with Crippen LogP contribution in [0.15, 0.2) is 24.3 Å². The van der Waals surface area contributed by atoms with Gasteiger partial charge in [0.15, 0.2) is 0 Å². The third-order valence-electron chi connectivity index (χ3n) is 4.21. The van der Waals surface area contributed by atoms with E-state index in [1.165, 1.54) is 12.8 Å². The van der Waals surface area contributed by atoms with Gasteiger partial charge in [-0.3, -0.25) is 4.79 Å². The summed E-state index contributed by atoms with van der Waals surface area (Å²) in [7, 11) is 0. The third-order valence-corrected chi connectivity index (χ3v) is 4.45. The Morgan fingerprint density at radius 3 is 2.62 bits per heavy atom. The summed E-state index contributed by atoms with van der Waals surface area (Å²) in [5.41, 5.74) is 3.00. The van der Waals surface area contributed by atoms with Crippen LogP contribution in [0.2, 0.25) is 5.02 Å². The smallest absolute Gasteiger partial charge is 0.270 e. The maximum absolute atomic E-state index is 12.4. The largest absolute Gasteiger partial charge is 0.348 e. The molecule has 0 radical (unpaired) electrons. The number of nitrogens with zero attached hydrogens (tertiary/aromatic N) is 2. The second-order valence-corrected chi connectivity index (χ2v) is 6.69. The van der Waals surface area contributed by atoms with Crippen molar-refractivity contribution in [3.8, 4) is 0 Å². The van der Waals surface area contributed by atoms with E-state index in [4.69, 9.17) is 11.6 Å². The van der Waals surface area contributed by atoms with Crippen LogP contribution >= 0.6 is 11.6 Å². The van der Waals surface area contributed by atoms with E-state index < -0.39 is 0 Å². The summed E-state index contributed by atoms with van der Waals surface area (Å²) in [6, 6.07) is 7.53. The SMILES string of the molecule is Cc1cc(C(=O)NC2CCCC2)nc(Nc2ccc(Cl)cc2C)n1. The summed E-state index contributed by atoms with van der Waals surface area (Å²) in [6.45, 7) is 3.81. The molecule has 1 aliphatic carbocycles. The van der Waals surface area contributed by atoms with Gasteiger partial charge in [0.25, 0.3) is 5.91 Å². The number of aromatic nitrogens is 2. The van der Waals surface area contributed by atoms with Crippen LogP contribution in [0.1, 0.15) is 47.4 Å². The molecule has 0 saturated heterocycles. The Kier molecular flexibility index (Phi) is 5.00. The van der Waals surface area contributed by atoms with Gasteiger partial charge in [0.05, 0.1) is 0 Å². The fourth-order valence-electron chi connectivity index (χ4n) is 2.96. The molecule has 6 heteroatoms. The number of carbonyl (C=O) groups excluding carboxylic acids is 1. The molecule has 24 heavy (non-hydrogen) atoms. The van der Waals surface area contributed by atoms with Crippen molar-refractivity contribution < 1.29 is 4.79 Å². The van der Waals surface area contributed by atoms with Gasteiger partial charge in [-0.05, 0) is 56.5 Å². The van der Waals surface area contributed by atoms with Gasteiger partial charge < -0.3 is 10.6 Å². The molecular formula is C18H21ClN4O. The summed E-state index contributed by atoms with van der Waals surface area (Å²) in [5, 5.41) is 6.91. The van der Waals surface area contributed by atoms with Crippen molar-refractivity contribution in [1.29, 1.82) is 0 Å². The van der Waals surface area contributed by atoms with Crippen LogP contribution in [-0.2, 0) is 0 Å². The van der Waals surface area contributed by atoms with Gasteiger partial charge >= 0.3 is 0 Å². The lowest BCUT2D eigenvalue weighted by atomic mass is 10.2. The monoisotopic (exact) mass is 344 g/mol. The highest BCUT2D eigenvalue weighted by Gasteiger charge is 2.19. The maximum Gasteiger partial charge on any atom is 0.270 e. The number of amides is 1. The van der Waals surface area contributed by atoms with Gasteiger partial charge in [0.1, 0.15) is 5.69 Å². The average molecular weight is 345 g/mol. The van der Waals surface area contributed by atoms with E-state index >= 15 is 0 Å². The molecule has 0 unspecified atom stereocenters. The summed E-state index contributed by atoms with van der Waals surface area (Å²) >= 11 is 5.98. The number of carbonyl (C=O) groups is 1. The van der Waals surface area contributed by atoms with Gasteiger partial charge in [-0.25, -0.2) is 9.97 Å². The van der Waals surface area contributed by atoms with E-state index in [-0.39, 0.29) is 11.9 Å². The van der Waals surface area contributed by atoms with Gasteiger partial charge in [0.2, 0.25) is 5.95 Å². The van der Waals surface area contributed by atoms with Gasteiger partial charge in [-0.1, -0.05) is 24.4 Å². The molecule has 1 heterocycles. The predicted molar refractivity (Wildman–Crippen MR) is 96.0 cm³/mol. The highest BCUT2D eigenvalue weighted by molar-refractivity contribution is 6.30. The second-order valence-electron chi connectivity index (χ2n) is 6.26. The van der Waals surface area contributed by atoms with Gasteiger partial charge in [-0.2, -0.15) is 0 Å². The molecule has 2 aromatic rings. The standard InChI is InChI=1S/C18H21ClN4O/c1-11-9-13(19)7-8-15(11)22-18-20-12(2)10-16(23-18)17(24)21-14-5-3-4-6-14/h7-10,14H,3-6H2,1-2H3,(H,21,24)(H,20,22,23). The van der Waals surface area contributed by atoms with Crippen LogP contribution in [0.25, 0.3) is 0 Å². The Morgan fingerprint density at radius 2 is 1.92 bits per heavy atom. The molecule has 1 aliphatic rings. The molecule has 0 atom stereocenters. The molecule has 5 nitrogen and oxygen atoms in total. The van der Waals surface area contributed by atoms with Gasteiger partial charge in [0, 0.05) is 22.4 Å². The van der Waals surface area contributed by atoms with Crippen LogP contribution in [0.3, 0.4) is 0 Å². The molecule has 1 amide bonds. The van der Waals surface area contributed by atoms with E-state index in [1.54, 1.807) is 12.1 Å². The molecule has 0 aliphatic heterocycles. The first kappa shape index (κ1) is 16.7. The minimum absolute atomic E-state index is 0.136. The first-order chi connectivity index (χ1) is 11.5. The number of anilines is 2. The lowest BCUT2D eigenvalue weighted by Crippen LogP contribution is -2.33. The van der Waals surface area contributed by atoms with Crippen molar-refractivity contribution in [1.82, 2.24) is 15.3 Å². The van der Waals surface area contributed by atoms with Crippen molar-refractivity contribution in [3.05, 3.63) is 46.2 Å². The van der Waals surface area contributed by atoms with Crippen molar-refractivity contribution in [3.63, 3.8) is 0 Å². The highest BCUT2D eigenvalue weighted by Crippen LogP contribution is 2.22. The van der Waals surface area contributed by atoms with Crippen LogP contribution < -0.4 is 10.6 Å². The summed E-state index contributed by atoms with van der Waals surface area (Å²) < 4.78 is 0. The lowest BCUT2D eigenvalue weighted by molar-refractivity contribution is 0.0932. The molecule has 3 rings (SSSR count). The Morgan fingerprint density at radius 1 is 1.17 bits per heavy atom. The molecule has 1 saturated carbocycles. The fraction of sp³-hybridized carbons (Fsp3) is 0.389. The molecule has 0 bridgehead atoms. The zero-order chi connectivity index (χ0) is 17.1. The van der Waals surface area contributed by atoms with Crippen LogP contribution in [0.5, 0.6) is 0 Å². The molecule has 1 fully saturated rings. The van der Waals surface area contributed by atoms with Crippen molar-refractivity contribution >= 4 is 29.1 Å². The zero-order valence-electron chi connectivity index (χ0n) is 13.9. The first-order valence-corrected chi connectivity index (χ1v) is 8.59. The number of hydrogen-bond donors (Lipinski definition) is 2. The zero-order valence-corrected chi connectivity index (χ0v) is 14.7. The Bertz CT molecular complexity index is 757. The minimum atomic E-state index is -0.136. The molecule has 126 valence electrons. The topological polar surface area (TPSA) is 66.9 Å². The number of halogens is 1. The Hall–Kier alpha value is -2.14. The number of benzene rings is 1. The van der Waals surface area contributed by atoms with Crippen molar-refractivity contribution in [2.75, 3.05) is 5.32 Å². The summed E-state index contributed by atoms with van der Waals surface area (Å²) in [6.07, 6.45) is 4.45. The van der Waals surface area contributed by atoms with E-state index in [0.29, 0.717) is 16.7 Å². The van der Waals surface area contributed by atoms with Crippen LogP contribution in [0, 0.1) is 13.8 Å². The number of nitrogens with one attached hydrogen (secondary N) is 2. The summed E-state index contributed by atoms with van der Waals surface area (Å²) in [4.78, 5) is 21.2. The first-order valence-electron chi connectivity index (χ1n) is 8.21. The lowest BCUT2D eigenvalue weighted by Gasteiger charge is -2.13. The van der Waals surface area contributed by atoms with E-state index in [2.05, 4.69) is 20.6 Å². The van der Waals surface area contributed by atoms with E-state index in [9.17, 15) is 4.79 Å². The maximum atomic E-state index is 12.4. The Labute approximate surface area is 146 Å². The minimum Gasteiger partial charge on any atom is -0.348 e.